The van der Waals surface area contributed by atoms with Crippen LogP contribution in [0.5, 0.6) is 0 Å². The molecule has 0 N–H and O–H groups in total. The summed E-state index contributed by atoms with van der Waals surface area (Å²) in [5, 5.41) is 0. The number of anilines is 1. The van der Waals surface area contributed by atoms with Gasteiger partial charge >= 0.3 is 0 Å². The van der Waals surface area contributed by atoms with Crippen LogP contribution in [0.2, 0.25) is 0 Å². The van der Waals surface area contributed by atoms with Gasteiger partial charge in [0, 0.05) is 57.4 Å². The van der Waals surface area contributed by atoms with Crippen LogP contribution in [-0.4, -0.2) is 70.9 Å². The highest BCUT2D eigenvalue weighted by Gasteiger charge is 2.36. The molecule has 1 aromatic carbocycles. The van der Waals surface area contributed by atoms with Crippen molar-refractivity contribution in [1.29, 1.82) is 0 Å². The van der Waals surface area contributed by atoms with Crippen LogP contribution in [0.25, 0.3) is 11.3 Å². The molecule has 7 heteroatoms. The number of benzene rings is 1. The van der Waals surface area contributed by atoms with Crippen molar-refractivity contribution in [3.8, 4) is 11.3 Å². The van der Waals surface area contributed by atoms with E-state index < -0.39 is 0 Å². The lowest BCUT2D eigenvalue weighted by atomic mass is 10.1. The van der Waals surface area contributed by atoms with Crippen molar-refractivity contribution in [1.82, 2.24) is 19.8 Å². The first-order valence-corrected chi connectivity index (χ1v) is 9.85. The number of amides is 2. The summed E-state index contributed by atoms with van der Waals surface area (Å²) in [6.07, 6.45) is 2.13. The van der Waals surface area contributed by atoms with Crippen LogP contribution in [0.15, 0.2) is 42.6 Å². The second-order valence-corrected chi connectivity index (χ2v) is 7.25. The molecule has 2 aliphatic rings. The number of carbonyl (C=O) groups excluding carboxylic acids is 2. The molecule has 3 heterocycles. The van der Waals surface area contributed by atoms with E-state index in [4.69, 9.17) is 4.98 Å². The zero-order valence-corrected chi connectivity index (χ0v) is 16.1. The number of hydrogen-bond acceptors (Lipinski definition) is 5. The molecule has 2 fully saturated rings. The van der Waals surface area contributed by atoms with Crippen molar-refractivity contribution in [3.05, 3.63) is 42.6 Å². The van der Waals surface area contributed by atoms with E-state index in [-0.39, 0.29) is 17.7 Å². The van der Waals surface area contributed by atoms with Gasteiger partial charge in [-0.25, -0.2) is 9.97 Å². The van der Waals surface area contributed by atoms with Gasteiger partial charge in [-0.1, -0.05) is 30.3 Å². The maximum Gasteiger partial charge on any atom is 0.228 e. The molecule has 0 saturated carbocycles. The third-order valence-corrected chi connectivity index (χ3v) is 5.53. The Kier molecular flexibility index (Phi) is 5.23. The predicted molar refractivity (Wildman–Crippen MR) is 107 cm³/mol. The average Bonchev–Trinajstić information content (AvgIpc) is 3.15. The average molecular weight is 379 g/mol. The first-order chi connectivity index (χ1) is 13.7. The van der Waals surface area contributed by atoms with E-state index in [0.717, 1.165) is 11.3 Å². The highest BCUT2D eigenvalue weighted by molar-refractivity contribution is 5.89. The van der Waals surface area contributed by atoms with Gasteiger partial charge in [0.2, 0.25) is 17.8 Å². The molecular weight excluding hydrogens is 354 g/mol. The summed E-state index contributed by atoms with van der Waals surface area (Å²) in [6.45, 7) is 5.84. The Morgan fingerprint density at radius 1 is 1.11 bits per heavy atom. The van der Waals surface area contributed by atoms with Gasteiger partial charge < -0.3 is 14.7 Å². The standard InChI is InChI=1S/C21H25N5O2/c1-2-24-15-17(14-19(24)27)20(28)25-10-12-26(13-11-25)21-22-9-8-18(23-21)16-6-4-3-5-7-16/h3-9,17H,2,10-15H2,1H3/t17-/m1/s1. The molecule has 28 heavy (non-hydrogen) atoms. The van der Waals surface area contributed by atoms with Gasteiger partial charge in [-0.05, 0) is 13.0 Å². The minimum Gasteiger partial charge on any atom is -0.342 e. The molecule has 2 aliphatic heterocycles. The summed E-state index contributed by atoms with van der Waals surface area (Å²) >= 11 is 0. The molecule has 2 aromatic rings. The van der Waals surface area contributed by atoms with E-state index in [1.165, 1.54) is 0 Å². The molecule has 2 saturated heterocycles. The fourth-order valence-electron chi connectivity index (χ4n) is 3.90. The molecule has 7 nitrogen and oxygen atoms in total. The number of rotatable bonds is 4. The fraction of sp³-hybridized carbons (Fsp3) is 0.429. The molecule has 1 aromatic heterocycles. The zero-order valence-electron chi connectivity index (χ0n) is 16.1. The second-order valence-electron chi connectivity index (χ2n) is 7.25. The van der Waals surface area contributed by atoms with Crippen molar-refractivity contribution in [2.75, 3.05) is 44.2 Å². The lowest BCUT2D eigenvalue weighted by Crippen LogP contribution is -2.51. The number of piperazine rings is 1. The van der Waals surface area contributed by atoms with Crippen LogP contribution in [0.1, 0.15) is 13.3 Å². The lowest BCUT2D eigenvalue weighted by molar-refractivity contribution is -0.136. The Bertz CT molecular complexity index is 849. The summed E-state index contributed by atoms with van der Waals surface area (Å²) in [4.78, 5) is 39.6. The molecule has 0 unspecified atom stereocenters. The van der Waals surface area contributed by atoms with Crippen molar-refractivity contribution in [2.24, 2.45) is 5.92 Å². The molecule has 0 spiro atoms. The maximum absolute atomic E-state index is 12.8. The molecular formula is C21H25N5O2. The summed E-state index contributed by atoms with van der Waals surface area (Å²) in [5.74, 6) is 0.687. The van der Waals surface area contributed by atoms with Crippen molar-refractivity contribution in [3.63, 3.8) is 0 Å². The molecule has 0 bridgehead atoms. The fourth-order valence-corrected chi connectivity index (χ4v) is 3.90. The Hall–Kier alpha value is -2.96. The Morgan fingerprint density at radius 3 is 2.54 bits per heavy atom. The van der Waals surface area contributed by atoms with E-state index >= 15 is 0 Å². The van der Waals surface area contributed by atoms with Gasteiger partial charge in [0.1, 0.15) is 0 Å². The van der Waals surface area contributed by atoms with Gasteiger partial charge in [0.15, 0.2) is 0 Å². The molecule has 0 radical (unpaired) electrons. The summed E-state index contributed by atoms with van der Waals surface area (Å²) in [6, 6.07) is 12.0. The van der Waals surface area contributed by atoms with Crippen LogP contribution in [-0.2, 0) is 9.59 Å². The van der Waals surface area contributed by atoms with E-state index in [1.54, 1.807) is 11.1 Å². The monoisotopic (exact) mass is 379 g/mol. The predicted octanol–water partition coefficient (Wildman–Crippen LogP) is 1.66. The summed E-state index contributed by atoms with van der Waals surface area (Å²) in [7, 11) is 0. The number of likely N-dealkylation sites (tertiary alicyclic amines) is 1. The lowest BCUT2D eigenvalue weighted by Gasteiger charge is -2.36. The second kappa shape index (κ2) is 7.96. The van der Waals surface area contributed by atoms with Crippen molar-refractivity contribution < 1.29 is 9.59 Å². The van der Waals surface area contributed by atoms with Gasteiger partial charge in [-0.2, -0.15) is 0 Å². The van der Waals surface area contributed by atoms with Gasteiger partial charge in [-0.3, -0.25) is 9.59 Å². The number of hydrogen-bond donors (Lipinski definition) is 0. The normalized spacial score (nSPS) is 20.0. The Morgan fingerprint density at radius 2 is 1.86 bits per heavy atom. The molecule has 4 rings (SSSR count). The molecule has 1 atom stereocenters. The first kappa shape index (κ1) is 18.4. The number of aromatic nitrogens is 2. The quantitative estimate of drug-likeness (QED) is 0.808. The van der Waals surface area contributed by atoms with Gasteiger partial charge in [0.25, 0.3) is 0 Å². The number of nitrogens with zero attached hydrogens (tertiary/aromatic N) is 5. The summed E-state index contributed by atoms with van der Waals surface area (Å²) in [5.41, 5.74) is 1.96. The van der Waals surface area contributed by atoms with Crippen LogP contribution in [0, 0.1) is 5.92 Å². The smallest absolute Gasteiger partial charge is 0.228 e. The molecule has 0 aliphatic carbocycles. The van der Waals surface area contributed by atoms with E-state index in [1.807, 2.05) is 48.2 Å². The highest BCUT2D eigenvalue weighted by atomic mass is 16.2. The van der Waals surface area contributed by atoms with Gasteiger partial charge in [0.05, 0.1) is 11.6 Å². The van der Waals surface area contributed by atoms with Crippen LogP contribution in [0.4, 0.5) is 5.95 Å². The van der Waals surface area contributed by atoms with E-state index in [9.17, 15) is 9.59 Å². The zero-order chi connectivity index (χ0) is 19.5. The number of carbonyl (C=O) groups is 2. The SMILES string of the molecule is CCN1C[C@H](C(=O)N2CCN(c3nccc(-c4ccccc4)n3)CC2)CC1=O. The van der Waals surface area contributed by atoms with Crippen molar-refractivity contribution >= 4 is 17.8 Å². The highest BCUT2D eigenvalue weighted by Crippen LogP contribution is 2.22. The third-order valence-electron chi connectivity index (χ3n) is 5.53. The van der Waals surface area contributed by atoms with Crippen LogP contribution in [0.3, 0.4) is 0 Å². The first-order valence-electron chi connectivity index (χ1n) is 9.85. The summed E-state index contributed by atoms with van der Waals surface area (Å²) < 4.78 is 0. The maximum atomic E-state index is 12.8. The minimum atomic E-state index is -0.198. The Balaban J connectivity index is 1.38. The van der Waals surface area contributed by atoms with E-state index in [2.05, 4.69) is 9.88 Å². The largest absolute Gasteiger partial charge is 0.342 e. The topological polar surface area (TPSA) is 69.6 Å². The van der Waals surface area contributed by atoms with E-state index in [0.29, 0.717) is 51.6 Å². The van der Waals surface area contributed by atoms with Crippen molar-refractivity contribution in [2.45, 2.75) is 13.3 Å². The third kappa shape index (κ3) is 3.69. The van der Waals surface area contributed by atoms with Gasteiger partial charge in [-0.15, -0.1) is 0 Å². The minimum absolute atomic E-state index is 0.0885. The molecule has 2 amide bonds. The Labute approximate surface area is 165 Å². The van der Waals surface area contributed by atoms with Crippen LogP contribution < -0.4 is 4.90 Å². The molecule has 146 valence electrons. The van der Waals surface area contributed by atoms with Crippen LogP contribution >= 0.6 is 0 Å².